The molecule has 2 aliphatic heterocycles. The Morgan fingerprint density at radius 3 is 2.47 bits per heavy atom. The van der Waals surface area contributed by atoms with Crippen LogP contribution in [-0.2, 0) is 17.6 Å². The standard InChI is InChI=1S/C23H25FN4O3.C4H10O/c1-13-15-6-5-9-31-23(15)18(24)10-16(13)22-17(11-21(29)30)14(2)25-19-12-20(26-28(19)22)27-7-3-4-8-27;1-4(2,3)5/h10,12H,3-9,11H2,1-2H3,(H,29,30);5H,1-3H3. The van der Waals surface area contributed by atoms with Gasteiger partial charge in [-0.1, -0.05) is 0 Å². The van der Waals surface area contributed by atoms with Crippen LogP contribution in [0, 0.1) is 19.7 Å². The summed E-state index contributed by atoms with van der Waals surface area (Å²) in [5.41, 5.74) is 4.29. The lowest BCUT2D eigenvalue weighted by atomic mass is 9.91. The summed E-state index contributed by atoms with van der Waals surface area (Å²) in [6.45, 7) is 11.3. The zero-order valence-electron chi connectivity index (χ0n) is 21.7. The van der Waals surface area contributed by atoms with Crippen molar-refractivity contribution in [3.63, 3.8) is 0 Å². The number of aliphatic hydroxyl groups is 1. The number of carboxylic acids is 1. The minimum absolute atomic E-state index is 0.211. The second kappa shape index (κ2) is 10.0. The quantitative estimate of drug-likeness (QED) is 0.547. The number of anilines is 1. The molecule has 0 bridgehead atoms. The number of carbonyl (C=O) groups is 1. The number of aliphatic carboxylic acids is 1. The van der Waals surface area contributed by atoms with Crippen molar-refractivity contribution < 1.29 is 24.1 Å². The van der Waals surface area contributed by atoms with Crippen LogP contribution in [-0.4, -0.2) is 56.1 Å². The van der Waals surface area contributed by atoms with Crippen LogP contribution in [0.15, 0.2) is 12.1 Å². The van der Waals surface area contributed by atoms with Gasteiger partial charge in [-0.25, -0.2) is 13.9 Å². The Balaban J connectivity index is 0.000000556. The predicted molar refractivity (Wildman–Crippen MR) is 136 cm³/mol. The van der Waals surface area contributed by atoms with E-state index in [0.717, 1.165) is 55.7 Å². The number of rotatable bonds is 4. The summed E-state index contributed by atoms with van der Waals surface area (Å²) < 4.78 is 22.3. The average molecular weight is 499 g/mol. The topological polar surface area (TPSA) is 100 Å². The Hall–Kier alpha value is -3.20. The Labute approximate surface area is 210 Å². The Morgan fingerprint density at radius 1 is 1.17 bits per heavy atom. The molecule has 0 radical (unpaired) electrons. The van der Waals surface area contributed by atoms with E-state index in [4.69, 9.17) is 14.9 Å². The third-order valence-corrected chi connectivity index (χ3v) is 6.34. The van der Waals surface area contributed by atoms with Gasteiger partial charge < -0.3 is 19.8 Å². The van der Waals surface area contributed by atoms with Gasteiger partial charge in [-0.15, -0.1) is 5.10 Å². The normalized spacial score (nSPS) is 15.4. The second-order valence-electron chi connectivity index (χ2n) is 10.5. The molecule has 1 aromatic carbocycles. The molecule has 4 heterocycles. The van der Waals surface area contributed by atoms with Gasteiger partial charge in [0.2, 0.25) is 0 Å². The molecule has 0 aliphatic carbocycles. The molecule has 0 unspecified atom stereocenters. The molecule has 0 amide bonds. The van der Waals surface area contributed by atoms with Gasteiger partial charge in [-0.2, -0.15) is 0 Å². The largest absolute Gasteiger partial charge is 0.490 e. The summed E-state index contributed by atoms with van der Waals surface area (Å²) in [5.74, 6) is -0.256. The van der Waals surface area contributed by atoms with Gasteiger partial charge in [0.1, 0.15) is 0 Å². The predicted octanol–water partition coefficient (Wildman–Crippen LogP) is 4.48. The zero-order chi connectivity index (χ0) is 26.2. The third-order valence-electron chi connectivity index (χ3n) is 6.34. The zero-order valence-corrected chi connectivity index (χ0v) is 21.7. The first kappa shape index (κ1) is 25.9. The highest BCUT2D eigenvalue weighted by atomic mass is 19.1. The number of ether oxygens (including phenoxy) is 1. The van der Waals surface area contributed by atoms with E-state index in [0.29, 0.717) is 40.5 Å². The van der Waals surface area contributed by atoms with E-state index in [9.17, 15) is 9.90 Å². The van der Waals surface area contributed by atoms with E-state index in [1.54, 1.807) is 32.2 Å². The summed E-state index contributed by atoms with van der Waals surface area (Å²) in [4.78, 5) is 18.5. The molecule has 9 heteroatoms. The minimum atomic E-state index is -0.961. The molecule has 8 nitrogen and oxygen atoms in total. The van der Waals surface area contributed by atoms with E-state index >= 15 is 4.39 Å². The number of aromatic nitrogens is 3. The summed E-state index contributed by atoms with van der Waals surface area (Å²) in [7, 11) is 0. The first-order chi connectivity index (χ1) is 16.9. The van der Waals surface area contributed by atoms with Crippen LogP contribution < -0.4 is 9.64 Å². The Bertz CT molecular complexity index is 1280. The number of halogens is 1. The first-order valence-electron chi connectivity index (χ1n) is 12.5. The molecular weight excluding hydrogens is 463 g/mol. The number of nitrogens with zero attached hydrogens (tertiary/aromatic N) is 4. The lowest BCUT2D eigenvalue weighted by Gasteiger charge is -2.23. The summed E-state index contributed by atoms with van der Waals surface area (Å²) in [5, 5.41) is 22.9. The SMILES string of the molecule is CC(C)(C)O.Cc1nc2cc(N3CCCC3)nn2c(-c2cc(F)c3c(c2C)CCCO3)c1CC(=O)O. The van der Waals surface area contributed by atoms with Crippen LogP contribution >= 0.6 is 0 Å². The van der Waals surface area contributed by atoms with E-state index in [1.807, 2.05) is 13.0 Å². The van der Waals surface area contributed by atoms with Crippen molar-refractivity contribution >= 4 is 17.4 Å². The monoisotopic (exact) mass is 498 g/mol. The van der Waals surface area contributed by atoms with Crippen molar-refractivity contribution in [1.29, 1.82) is 0 Å². The molecule has 0 atom stereocenters. The van der Waals surface area contributed by atoms with Crippen molar-refractivity contribution in [3.05, 3.63) is 40.3 Å². The fourth-order valence-corrected chi connectivity index (χ4v) is 4.79. The van der Waals surface area contributed by atoms with E-state index < -0.39 is 17.4 Å². The van der Waals surface area contributed by atoms with Gasteiger partial charge in [0.15, 0.2) is 23.0 Å². The van der Waals surface area contributed by atoms with Crippen molar-refractivity contribution in [3.8, 4) is 17.0 Å². The summed E-state index contributed by atoms with van der Waals surface area (Å²) >= 11 is 0. The molecule has 2 N–H and O–H groups in total. The highest BCUT2D eigenvalue weighted by Crippen LogP contribution is 2.39. The second-order valence-corrected chi connectivity index (χ2v) is 10.5. The van der Waals surface area contributed by atoms with Crippen LogP contribution in [0.25, 0.3) is 16.9 Å². The summed E-state index contributed by atoms with van der Waals surface area (Å²) in [6, 6.07) is 3.38. The Kier molecular flexibility index (Phi) is 7.22. The molecule has 0 saturated carbocycles. The Morgan fingerprint density at radius 2 is 1.83 bits per heavy atom. The van der Waals surface area contributed by atoms with E-state index in [2.05, 4.69) is 9.88 Å². The van der Waals surface area contributed by atoms with E-state index in [1.165, 1.54) is 6.07 Å². The van der Waals surface area contributed by atoms with Crippen molar-refractivity contribution in [2.75, 3.05) is 24.6 Å². The molecule has 3 aromatic rings. The highest BCUT2D eigenvalue weighted by molar-refractivity contribution is 5.79. The number of aryl methyl sites for hydroxylation is 1. The number of carboxylic acid groups (broad SMARTS) is 1. The van der Waals surface area contributed by atoms with E-state index in [-0.39, 0.29) is 6.42 Å². The van der Waals surface area contributed by atoms with Crippen LogP contribution in [0.2, 0.25) is 0 Å². The maximum Gasteiger partial charge on any atom is 0.307 e. The average Bonchev–Trinajstić information content (AvgIpc) is 3.45. The number of benzene rings is 1. The highest BCUT2D eigenvalue weighted by Gasteiger charge is 2.26. The van der Waals surface area contributed by atoms with Gasteiger partial charge in [-0.3, -0.25) is 4.79 Å². The van der Waals surface area contributed by atoms with Crippen molar-refractivity contribution in [1.82, 2.24) is 14.6 Å². The molecule has 1 fully saturated rings. The third kappa shape index (κ3) is 5.46. The number of hydrogen-bond donors (Lipinski definition) is 2. The lowest BCUT2D eigenvalue weighted by molar-refractivity contribution is -0.136. The fraction of sp³-hybridized carbons (Fsp3) is 0.519. The lowest BCUT2D eigenvalue weighted by Crippen LogP contribution is -2.18. The number of fused-ring (bicyclic) bond motifs is 2. The van der Waals surface area contributed by atoms with Gasteiger partial charge in [0.05, 0.1) is 24.3 Å². The van der Waals surface area contributed by atoms with Gasteiger partial charge in [0.25, 0.3) is 0 Å². The maximum atomic E-state index is 15.0. The van der Waals surface area contributed by atoms with Crippen LogP contribution in [0.3, 0.4) is 0 Å². The number of hydrogen-bond acceptors (Lipinski definition) is 6. The maximum absolute atomic E-state index is 15.0. The van der Waals surface area contributed by atoms with Crippen LogP contribution in [0.4, 0.5) is 10.2 Å². The molecule has 0 spiro atoms. The van der Waals surface area contributed by atoms with Gasteiger partial charge in [0, 0.05) is 41.5 Å². The summed E-state index contributed by atoms with van der Waals surface area (Å²) in [6.07, 6.45) is 3.58. The molecule has 194 valence electrons. The van der Waals surface area contributed by atoms with Crippen LogP contribution in [0.1, 0.15) is 62.4 Å². The van der Waals surface area contributed by atoms with Crippen LogP contribution in [0.5, 0.6) is 5.75 Å². The van der Waals surface area contributed by atoms with Crippen molar-refractivity contribution in [2.45, 2.75) is 72.3 Å². The minimum Gasteiger partial charge on any atom is -0.490 e. The van der Waals surface area contributed by atoms with Gasteiger partial charge in [-0.05, 0) is 71.9 Å². The molecule has 5 rings (SSSR count). The molecule has 36 heavy (non-hydrogen) atoms. The fourth-order valence-electron chi connectivity index (χ4n) is 4.79. The van der Waals surface area contributed by atoms with Crippen molar-refractivity contribution in [2.24, 2.45) is 0 Å². The molecular formula is C27H35FN4O4. The molecule has 2 aromatic heterocycles. The molecule has 2 aliphatic rings. The van der Waals surface area contributed by atoms with Gasteiger partial charge >= 0.3 is 5.97 Å². The first-order valence-corrected chi connectivity index (χ1v) is 12.5. The molecule has 1 saturated heterocycles. The smallest absolute Gasteiger partial charge is 0.307 e.